The van der Waals surface area contributed by atoms with Gasteiger partial charge in [0.2, 0.25) is 0 Å². The number of carbonyl (C=O) groups excluding carboxylic acids is 1. The van der Waals surface area contributed by atoms with Crippen LogP contribution in [0, 0.1) is 5.92 Å². The molecule has 1 aromatic rings. The molecule has 0 unspecified atom stereocenters. The van der Waals surface area contributed by atoms with Crippen LogP contribution in [0.2, 0.25) is 0 Å². The zero-order chi connectivity index (χ0) is 12.0. The van der Waals surface area contributed by atoms with Crippen molar-refractivity contribution in [2.24, 2.45) is 5.92 Å². The summed E-state index contributed by atoms with van der Waals surface area (Å²) in [6.45, 7) is 4.39. The third-order valence-electron chi connectivity index (χ3n) is 2.43. The van der Waals surface area contributed by atoms with E-state index in [1.54, 1.807) is 11.8 Å². The minimum absolute atomic E-state index is 0.264. The fourth-order valence-corrected chi connectivity index (χ4v) is 2.07. The molecule has 0 bridgehead atoms. The van der Waals surface area contributed by atoms with E-state index in [1.807, 2.05) is 24.5 Å². The third kappa shape index (κ3) is 4.40. The normalized spacial score (nSPS) is 10.8. The summed E-state index contributed by atoms with van der Waals surface area (Å²) in [5.74, 6) is 1.81. The zero-order valence-electron chi connectivity index (χ0n) is 10.3. The molecular weight excluding hydrogens is 216 g/mol. The van der Waals surface area contributed by atoms with E-state index in [-0.39, 0.29) is 5.78 Å². The first-order valence-electron chi connectivity index (χ1n) is 5.74. The van der Waals surface area contributed by atoms with Crippen molar-refractivity contribution in [3.63, 3.8) is 0 Å². The molecule has 0 aliphatic heterocycles. The molecule has 0 spiro atoms. The van der Waals surface area contributed by atoms with E-state index >= 15 is 0 Å². The Hall–Kier alpha value is -0.760. The number of carbonyl (C=O) groups is 1. The van der Waals surface area contributed by atoms with Crippen molar-refractivity contribution >= 4 is 17.5 Å². The highest BCUT2D eigenvalue weighted by Gasteiger charge is 2.06. The van der Waals surface area contributed by atoms with Gasteiger partial charge in [0.1, 0.15) is 0 Å². The van der Waals surface area contributed by atoms with Gasteiger partial charge >= 0.3 is 0 Å². The van der Waals surface area contributed by atoms with Gasteiger partial charge in [-0.3, -0.25) is 4.79 Å². The van der Waals surface area contributed by atoms with Crippen LogP contribution in [-0.2, 0) is 6.42 Å². The molecule has 0 atom stereocenters. The van der Waals surface area contributed by atoms with E-state index in [4.69, 9.17) is 0 Å². The van der Waals surface area contributed by atoms with Crippen LogP contribution in [0.1, 0.15) is 36.2 Å². The van der Waals surface area contributed by atoms with Gasteiger partial charge in [0.05, 0.1) is 0 Å². The molecule has 0 amide bonds. The van der Waals surface area contributed by atoms with Gasteiger partial charge in [-0.15, -0.1) is 0 Å². The lowest BCUT2D eigenvalue weighted by molar-refractivity contribution is 0.0989. The molecule has 0 heterocycles. The van der Waals surface area contributed by atoms with E-state index in [2.05, 4.69) is 19.9 Å². The SMILES string of the molecule is CSCCC(=O)c1cccc(CC(C)C)c1. The lowest BCUT2D eigenvalue weighted by atomic mass is 9.99. The summed E-state index contributed by atoms with van der Waals surface area (Å²) in [7, 11) is 0. The summed E-state index contributed by atoms with van der Waals surface area (Å²) < 4.78 is 0. The maximum atomic E-state index is 11.8. The average Bonchev–Trinajstić information content (AvgIpc) is 2.25. The second-order valence-electron chi connectivity index (χ2n) is 4.46. The second kappa shape index (κ2) is 6.74. The van der Waals surface area contributed by atoms with Gasteiger partial charge < -0.3 is 0 Å². The van der Waals surface area contributed by atoms with Gasteiger partial charge in [-0.25, -0.2) is 0 Å². The van der Waals surface area contributed by atoms with Crippen LogP contribution in [-0.4, -0.2) is 17.8 Å². The quantitative estimate of drug-likeness (QED) is 0.698. The smallest absolute Gasteiger partial charge is 0.163 e. The molecule has 0 aromatic heterocycles. The number of hydrogen-bond donors (Lipinski definition) is 0. The molecule has 16 heavy (non-hydrogen) atoms. The van der Waals surface area contributed by atoms with Crippen LogP contribution < -0.4 is 0 Å². The topological polar surface area (TPSA) is 17.1 Å². The highest BCUT2D eigenvalue weighted by molar-refractivity contribution is 7.98. The highest BCUT2D eigenvalue weighted by atomic mass is 32.2. The van der Waals surface area contributed by atoms with Crippen molar-refractivity contribution in [2.45, 2.75) is 26.7 Å². The molecule has 0 aliphatic carbocycles. The van der Waals surface area contributed by atoms with Crippen molar-refractivity contribution in [3.05, 3.63) is 35.4 Å². The molecule has 1 aromatic carbocycles. The lowest BCUT2D eigenvalue weighted by Crippen LogP contribution is -2.02. The summed E-state index contributed by atoms with van der Waals surface area (Å²) in [6.07, 6.45) is 3.72. The number of Topliss-reactive ketones (excluding diaryl/α,β-unsaturated/α-hetero) is 1. The average molecular weight is 236 g/mol. The molecule has 1 rings (SSSR count). The predicted octanol–water partition coefficient (Wildman–Crippen LogP) is 3.82. The van der Waals surface area contributed by atoms with Crippen LogP contribution in [0.15, 0.2) is 24.3 Å². The number of rotatable bonds is 6. The molecule has 0 fully saturated rings. The van der Waals surface area contributed by atoms with E-state index in [1.165, 1.54) is 5.56 Å². The van der Waals surface area contributed by atoms with Crippen LogP contribution in [0.25, 0.3) is 0 Å². The maximum Gasteiger partial charge on any atom is 0.163 e. The van der Waals surface area contributed by atoms with Crippen molar-refractivity contribution in [1.29, 1.82) is 0 Å². The molecule has 88 valence electrons. The van der Waals surface area contributed by atoms with E-state index < -0.39 is 0 Å². The summed E-state index contributed by atoms with van der Waals surface area (Å²) in [6, 6.07) is 8.06. The Morgan fingerprint density at radius 3 is 2.75 bits per heavy atom. The summed E-state index contributed by atoms with van der Waals surface area (Å²) in [5, 5.41) is 0. The standard InChI is InChI=1S/C14H20OS/c1-11(2)9-12-5-4-6-13(10-12)14(15)7-8-16-3/h4-6,10-11H,7-9H2,1-3H3. The predicted molar refractivity (Wildman–Crippen MR) is 72.3 cm³/mol. The first-order valence-corrected chi connectivity index (χ1v) is 7.14. The zero-order valence-corrected chi connectivity index (χ0v) is 11.1. The van der Waals surface area contributed by atoms with Gasteiger partial charge in [-0.1, -0.05) is 32.0 Å². The second-order valence-corrected chi connectivity index (χ2v) is 5.45. The van der Waals surface area contributed by atoms with Gasteiger partial charge in [-0.05, 0) is 30.2 Å². The largest absolute Gasteiger partial charge is 0.294 e. The number of ketones is 1. The number of benzene rings is 1. The number of thioether (sulfide) groups is 1. The molecule has 0 saturated heterocycles. The minimum atomic E-state index is 0.264. The molecule has 2 heteroatoms. The Morgan fingerprint density at radius 1 is 1.38 bits per heavy atom. The summed E-state index contributed by atoms with van der Waals surface area (Å²) >= 11 is 1.72. The Morgan fingerprint density at radius 2 is 2.12 bits per heavy atom. The van der Waals surface area contributed by atoms with Crippen LogP contribution in [0.5, 0.6) is 0 Å². The van der Waals surface area contributed by atoms with Gasteiger partial charge in [-0.2, -0.15) is 11.8 Å². The summed E-state index contributed by atoms with van der Waals surface area (Å²) in [5.41, 5.74) is 2.14. The van der Waals surface area contributed by atoms with Gasteiger partial charge in [0.25, 0.3) is 0 Å². The van der Waals surface area contributed by atoms with E-state index in [0.29, 0.717) is 12.3 Å². The Bertz CT molecular complexity index is 344. The Kier molecular flexibility index (Phi) is 5.61. The van der Waals surface area contributed by atoms with Crippen molar-refractivity contribution in [2.75, 3.05) is 12.0 Å². The van der Waals surface area contributed by atoms with E-state index in [0.717, 1.165) is 17.7 Å². The Balaban J connectivity index is 2.69. The van der Waals surface area contributed by atoms with Crippen LogP contribution in [0.3, 0.4) is 0 Å². The fraction of sp³-hybridized carbons (Fsp3) is 0.500. The van der Waals surface area contributed by atoms with Crippen LogP contribution in [0.4, 0.5) is 0 Å². The first kappa shape index (κ1) is 13.3. The molecule has 0 saturated carbocycles. The monoisotopic (exact) mass is 236 g/mol. The Labute approximate surface area is 103 Å². The third-order valence-corrected chi connectivity index (χ3v) is 3.04. The lowest BCUT2D eigenvalue weighted by Gasteiger charge is -2.06. The molecule has 1 nitrogen and oxygen atoms in total. The van der Waals surface area contributed by atoms with Gasteiger partial charge in [0, 0.05) is 17.7 Å². The minimum Gasteiger partial charge on any atom is -0.294 e. The van der Waals surface area contributed by atoms with Crippen molar-refractivity contribution in [1.82, 2.24) is 0 Å². The first-order chi connectivity index (χ1) is 7.63. The van der Waals surface area contributed by atoms with Crippen LogP contribution >= 0.6 is 11.8 Å². The fourth-order valence-electron chi connectivity index (χ4n) is 1.68. The number of hydrogen-bond acceptors (Lipinski definition) is 2. The molecule has 0 aliphatic rings. The highest BCUT2D eigenvalue weighted by Crippen LogP contribution is 2.13. The molecule has 0 N–H and O–H groups in total. The summed E-state index contributed by atoms with van der Waals surface area (Å²) in [4.78, 5) is 11.8. The van der Waals surface area contributed by atoms with Crippen molar-refractivity contribution in [3.8, 4) is 0 Å². The maximum absolute atomic E-state index is 11.8. The molecular formula is C14H20OS. The molecule has 0 radical (unpaired) electrons. The van der Waals surface area contributed by atoms with Gasteiger partial charge in [0.15, 0.2) is 5.78 Å². The van der Waals surface area contributed by atoms with E-state index in [9.17, 15) is 4.79 Å². The van der Waals surface area contributed by atoms with Crippen molar-refractivity contribution < 1.29 is 4.79 Å².